The van der Waals surface area contributed by atoms with E-state index in [1.807, 2.05) is 24.3 Å². The lowest BCUT2D eigenvalue weighted by Gasteiger charge is -2.19. The molecule has 0 amide bonds. The van der Waals surface area contributed by atoms with Crippen LogP contribution in [-0.2, 0) is 12.6 Å². The van der Waals surface area contributed by atoms with Crippen molar-refractivity contribution >= 4 is 0 Å². The Bertz CT molecular complexity index is 631. The third-order valence-corrected chi connectivity index (χ3v) is 3.57. The maximum atomic E-state index is 13.0. The fourth-order valence-corrected chi connectivity index (χ4v) is 2.66. The molecule has 3 rings (SSSR count). The number of aromatic nitrogens is 2. The molecule has 105 valence electrons. The van der Waals surface area contributed by atoms with E-state index in [4.69, 9.17) is 0 Å². The minimum absolute atomic E-state index is 0.0729. The maximum absolute atomic E-state index is 13.0. The van der Waals surface area contributed by atoms with Gasteiger partial charge in [-0.2, -0.15) is 13.2 Å². The van der Waals surface area contributed by atoms with Gasteiger partial charge in [0.2, 0.25) is 0 Å². The van der Waals surface area contributed by atoms with Gasteiger partial charge < -0.3 is 5.43 Å². The summed E-state index contributed by atoms with van der Waals surface area (Å²) in [7, 11) is 0. The molecule has 1 aromatic carbocycles. The molecule has 6 heteroatoms. The van der Waals surface area contributed by atoms with Gasteiger partial charge in [-0.15, -0.1) is 0 Å². The Morgan fingerprint density at radius 3 is 2.85 bits per heavy atom. The fourth-order valence-electron chi connectivity index (χ4n) is 2.66. The number of nitrogens with one attached hydrogen (secondary N) is 1. The summed E-state index contributed by atoms with van der Waals surface area (Å²) < 4.78 is 39.9. The van der Waals surface area contributed by atoms with Crippen molar-refractivity contribution in [1.82, 2.24) is 9.66 Å². The number of halogens is 3. The molecular weight excluding hydrogens is 267 g/mol. The first kappa shape index (κ1) is 13.0. The SMILES string of the molecule is Cc1n[c]n(NC2CCc3ccccc32)c1C(F)(F)F. The molecule has 1 radical (unpaired) electrons. The lowest BCUT2D eigenvalue weighted by molar-refractivity contribution is -0.143. The van der Waals surface area contributed by atoms with E-state index in [1.165, 1.54) is 12.5 Å². The Morgan fingerprint density at radius 2 is 2.10 bits per heavy atom. The number of rotatable bonds is 2. The zero-order chi connectivity index (χ0) is 14.3. The fraction of sp³-hybridized carbons (Fsp3) is 0.357. The second-order valence-electron chi connectivity index (χ2n) is 4.90. The smallest absolute Gasteiger partial charge is 0.316 e. The minimum atomic E-state index is -4.44. The van der Waals surface area contributed by atoms with Crippen molar-refractivity contribution in [3.63, 3.8) is 0 Å². The van der Waals surface area contributed by atoms with Gasteiger partial charge in [-0.1, -0.05) is 24.3 Å². The minimum Gasteiger partial charge on any atom is -0.316 e. The Balaban J connectivity index is 1.91. The Labute approximate surface area is 114 Å². The topological polar surface area (TPSA) is 29.9 Å². The van der Waals surface area contributed by atoms with Crippen LogP contribution in [-0.4, -0.2) is 9.66 Å². The molecule has 20 heavy (non-hydrogen) atoms. The second kappa shape index (κ2) is 4.54. The number of nitrogens with zero attached hydrogens (tertiary/aromatic N) is 2. The van der Waals surface area contributed by atoms with Gasteiger partial charge in [-0.05, 0) is 30.9 Å². The van der Waals surface area contributed by atoms with Crippen LogP contribution in [0, 0.1) is 13.3 Å². The first-order valence-electron chi connectivity index (χ1n) is 6.35. The molecule has 1 aliphatic rings. The van der Waals surface area contributed by atoms with Crippen LogP contribution in [0.4, 0.5) is 13.2 Å². The van der Waals surface area contributed by atoms with E-state index in [2.05, 4.69) is 16.7 Å². The molecule has 1 N–H and O–H groups in total. The normalized spacial score (nSPS) is 18.1. The molecule has 3 nitrogen and oxygen atoms in total. The average Bonchev–Trinajstić information content (AvgIpc) is 2.94. The predicted molar refractivity (Wildman–Crippen MR) is 67.7 cm³/mol. The summed E-state index contributed by atoms with van der Waals surface area (Å²) in [6.45, 7) is 1.33. The van der Waals surface area contributed by atoms with Crippen LogP contribution in [0.3, 0.4) is 0 Å². The average molecular weight is 280 g/mol. The number of hydrogen-bond donors (Lipinski definition) is 1. The van der Waals surface area contributed by atoms with Crippen molar-refractivity contribution in [2.75, 3.05) is 5.43 Å². The second-order valence-corrected chi connectivity index (χ2v) is 4.90. The quantitative estimate of drug-likeness (QED) is 0.915. The lowest BCUT2D eigenvalue weighted by Crippen LogP contribution is -2.25. The van der Waals surface area contributed by atoms with Crippen molar-refractivity contribution in [3.8, 4) is 0 Å². The van der Waals surface area contributed by atoms with E-state index in [0.29, 0.717) is 0 Å². The maximum Gasteiger partial charge on any atom is 0.435 e. The summed E-state index contributed by atoms with van der Waals surface area (Å²) in [6, 6.07) is 7.64. The van der Waals surface area contributed by atoms with Crippen molar-refractivity contribution in [2.45, 2.75) is 32.0 Å². The summed E-state index contributed by atoms with van der Waals surface area (Å²) in [4.78, 5) is 3.64. The van der Waals surface area contributed by atoms with Crippen LogP contribution in [0.2, 0.25) is 0 Å². The van der Waals surface area contributed by atoms with Crippen LogP contribution in [0.5, 0.6) is 0 Å². The lowest BCUT2D eigenvalue weighted by atomic mass is 10.1. The number of hydrogen-bond acceptors (Lipinski definition) is 2. The van der Waals surface area contributed by atoms with E-state index >= 15 is 0 Å². The van der Waals surface area contributed by atoms with Gasteiger partial charge in [0.05, 0.1) is 11.7 Å². The molecule has 0 spiro atoms. The van der Waals surface area contributed by atoms with E-state index < -0.39 is 11.9 Å². The third kappa shape index (κ3) is 2.15. The highest BCUT2D eigenvalue weighted by atomic mass is 19.4. The van der Waals surface area contributed by atoms with Gasteiger partial charge in [-0.3, -0.25) is 0 Å². The molecule has 0 fully saturated rings. The first-order chi connectivity index (χ1) is 9.47. The Kier molecular flexibility index (Phi) is 2.96. The number of fused-ring (bicyclic) bond motifs is 1. The Hall–Kier alpha value is -1.98. The van der Waals surface area contributed by atoms with E-state index in [0.717, 1.165) is 23.1 Å². The summed E-state index contributed by atoms with van der Waals surface area (Å²) >= 11 is 0. The van der Waals surface area contributed by atoms with Crippen molar-refractivity contribution in [3.05, 3.63) is 53.1 Å². The molecule has 1 aliphatic carbocycles. The van der Waals surface area contributed by atoms with E-state index in [9.17, 15) is 13.2 Å². The molecule has 1 aromatic heterocycles. The van der Waals surface area contributed by atoms with Crippen LogP contribution >= 0.6 is 0 Å². The summed E-state index contributed by atoms with van der Waals surface area (Å²) in [5.41, 5.74) is 4.23. The van der Waals surface area contributed by atoms with Crippen LogP contribution in [0.1, 0.15) is 35.0 Å². The van der Waals surface area contributed by atoms with Gasteiger partial charge in [0, 0.05) is 0 Å². The van der Waals surface area contributed by atoms with E-state index in [1.54, 1.807) is 0 Å². The van der Waals surface area contributed by atoms with E-state index in [-0.39, 0.29) is 11.7 Å². The molecule has 0 saturated heterocycles. The molecule has 0 aliphatic heterocycles. The predicted octanol–water partition coefficient (Wildman–Crippen LogP) is 3.24. The number of aryl methyl sites for hydroxylation is 2. The monoisotopic (exact) mass is 280 g/mol. The summed E-state index contributed by atoms with van der Waals surface area (Å²) in [5, 5.41) is 0. The van der Waals surface area contributed by atoms with Gasteiger partial charge in [-0.25, -0.2) is 9.66 Å². The first-order valence-corrected chi connectivity index (χ1v) is 6.35. The highest BCUT2D eigenvalue weighted by Gasteiger charge is 2.38. The van der Waals surface area contributed by atoms with Crippen molar-refractivity contribution in [2.24, 2.45) is 0 Å². The molecule has 1 atom stereocenters. The standard InChI is InChI=1S/C14H13F3N3/c1-9-13(14(15,16)17)20(8-18-9)19-12-7-6-10-4-2-3-5-11(10)12/h2-5,12,19H,6-7H2,1H3. The molecule has 0 saturated carbocycles. The van der Waals surface area contributed by atoms with Gasteiger partial charge >= 0.3 is 6.18 Å². The summed E-state index contributed by atoms with van der Waals surface area (Å²) in [6.07, 6.45) is -0.439. The largest absolute Gasteiger partial charge is 0.435 e. The molecule has 2 aromatic rings. The zero-order valence-electron chi connectivity index (χ0n) is 10.8. The number of imidazole rings is 1. The highest BCUT2D eigenvalue weighted by molar-refractivity contribution is 5.36. The molecular formula is C14H13F3N3. The van der Waals surface area contributed by atoms with Crippen LogP contribution in [0.15, 0.2) is 24.3 Å². The molecule has 1 unspecified atom stereocenters. The Morgan fingerprint density at radius 1 is 1.35 bits per heavy atom. The molecule has 0 bridgehead atoms. The van der Waals surface area contributed by atoms with Crippen molar-refractivity contribution < 1.29 is 13.2 Å². The van der Waals surface area contributed by atoms with Gasteiger partial charge in [0.1, 0.15) is 0 Å². The van der Waals surface area contributed by atoms with Crippen molar-refractivity contribution in [1.29, 1.82) is 0 Å². The van der Waals surface area contributed by atoms with Gasteiger partial charge in [0.15, 0.2) is 12.0 Å². The van der Waals surface area contributed by atoms with Crippen LogP contribution < -0.4 is 5.43 Å². The van der Waals surface area contributed by atoms with Crippen LogP contribution in [0.25, 0.3) is 0 Å². The number of benzene rings is 1. The highest BCUT2D eigenvalue weighted by Crippen LogP contribution is 2.34. The third-order valence-electron chi connectivity index (χ3n) is 3.57. The van der Waals surface area contributed by atoms with Gasteiger partial charge in [0.25, 0.3) is 0 Å². The molecule has 1 heterocycles. The number of alkyl halides is 3. The zero-order valence-corrected chi connectivity index (χ0v) is 10.8. The summed E-state index contributed by atoms with van der Waals surface area (Å²) in [5.74, 6) is 0.